The van der Waals surface area contributed by atoms with E-state index in [4.69, 9.17) is 13.9 Å². The predicted molar refractivity (Wildman–Crippen MR) is 148 cm³/mol. The first-order chi connectivity index (χ1) is 19.0. The van der Waals surface area contributed by atoms with Crippen LogP contribution in [0.3, 0.4) is 0 Å². The van der Waals surface area contributed by atoms with Gasteiger partial charge in [-0.1, -0.05) is 30.3 Å². The summed E-state index contributed by atoms with van der Waals surface area (Å²) in [4.78, 5) is 30.2. The molecule has 2 N–H and O–H groups in total. The number of ether oxygens (including phenoxy) is 2. The van der Waals surface area contributed by atoms with Gasteiger partial charge < -0.3 is 19.2 Å². The van der Waals surface area contributed by atoms with E-state index in [1.54, 1.807) is 20.3 Å². The van der Waals surface area contributed by atoms with Crippen LogP contribution in [0.15, 0.2) is 64.1 Å². The smallest absolute Gasteiger partial charge is 0.289 e. The number of hydrogen-bond donors (Lipinski definition) is 2. The van der Waals surface area contributed by atoms with Crippen LogP contribution < -0.4 is 20.2 Å². The lowest BCUT2D eigenvalue weighted by molar-refractivity contribution is 0.0922. The Bertz CT molecular complexity index is 1570. The van der Waals surface area contributed by atoms with Crippen molar-refractivity contribution in [3.8, 4) is 11.5 Å². The van der Waals surface area contributed by atoms with Crippen molar-refractivity contribution in [2.75, 3.05) is 20.8 Å². The standard InChI is InChI=1S/C30H30N4O5/c1-18-27-22(33-34-29(35)23-13-12-20-7-4-5-8-21(20)32-23)9-6-10-25(27)39-28(18)30(36)31-16-15-19-11-14-24(37-2)26(17-19)38-3/h4-5,7-8,11-14,17H,6,9-10,15-16H2,1-3H3,(H,31,36)(H,34,35)/b33-22+. The highest BCUT2D eigenvalue weighted by Crippen LogP contribution is 2.30. The SMILES string of the molecule is COc1ccc(CCNC(=O)c2oc3c(c2C)/C(=N/NC(=O)c2ccc4ccccc4n2)CCC3)cc1OC. The van der Waals surface area contributed by atoms with Crippen LogP contribution in [0.4, 0.5) is 0 Å². The van der Waals surface area contributed by atoms with Crippen molar-refractivity contribution in [2.24, 2.45) is 5.10 Å². The second-order valence-corrected chi connectivity index (χ2v) is 9.29. The Morgan fingerprint density at radius 1 is 1.00 bits per heavy atom. The number of aromatic nitrogens is 1. The number of amides is 2. The molecular formula is C30H30N4O5. The van der Waals surface area contributed by atoms with Crippen molar-refractivity contribution < 1.29 is 23.5 Å². The molecule has 0 unspecified atom stereocenters. The van der Waals surface area contributed by atoms with Crippen LogP contribution in [0.25, 0.3) is 10.9 Å². The molecule has 0 saturated heterocycles. The normalized spacial score (nSPS) is 13.7. The molecular weight excluding hydrogens is 496 g/mol. The Balaban J connectivity index is 1.26. The van der Waals surface area contributed by atoms with Crippen LogP contribution in [0, 0.1) is 6.92 Å². The highest BCUT2D eigenvalue weighted by Gasteiger charge is 2.28. The van der Waals surface area contributed by atoms with E-state index in [9.17, 15) is 9.59 Å². The maximum Gasteiger partial charge on any atom is 0.289 e. The average molecular weight is 527 g/mol. The third kappa shape index (κ3) is 5.47. The number of para-hydroxylation sites is 1. The zero-order valence-corrected chi connectivity index (χ0v) is 22.2. The number of hydrogen-bond acceptors (Lipinski definition) is 7. The molecule has 2 heterocycles. The molecule has 2 aromatic carbocycles. The lowest BCUT2D eigenvalue weighted by atomic mass is 9.93. The molecule has 9 nitrogen and oxygen atoms in total. The van der Waals surface area contributed by atoms with Crippen LogP contribution in [-0.2, 0) is 12.8 Å². The van der Waals surface area contributed by atoms with E-state index < -0.39 is 5.91 Å². The first kappa shape index (κ1) is 26.0. The van der Waals surface area contributed by atoms with Gasteiger partial charge in [0.25, 0.3) is 11.8 Å². The number of benzene rings is 2. The number of carbonyl (C=O) groups is 2. The topological polar surface area (TPSA) is 115 Å². The third-order valence-corrected chi connectivity index (χ3v) is 6.80. The molecule has 9 heteroatoms. The van der Waals surface area contributed by atoms with E-state index in [0.717, 1.165) is 28.5 Å². The maximum atomic E-state index is 13.0. The predicted octanol–water partition coefficient (Wildman–Crippen LogP) is 4.60. The van der Waals surface area contributed by atoms with Gasteiger partial charge in [0.05, 0.1) is 25.4 Å². The van der Waals surface area contributed by atoms with Crippen molar-refractivity contribution in [1.82, 2.24) is 15.7 Å². The Morgan fingerprint density at radius 2 is 1.82 bits per heavy atom. The molecule has 1 aliphatic rings. The lowest BCUT2D eigenvalue weighted by Crippen LogP contribution is -2.26. The molecule has 2 aromatic heterocycles. The van der Waals surface area contributed by atoms with Gasteiger partial charge in [-0.15, -0.1) is 0 Å². The van der Waals surface area contributed by atoms with Crippen molar-refractivity contribution >= 4 is 28.4 Å². The minimum Gasteiger partial charge on any atom is -0.493 e. The lowest BCUT2D eigenvalue weighted by Gasteiger charge is -2.13. The summed E-state index contributed by atoms with van der Waals surface area (Å²) in [6.45, 7) is 2.27. The van der Waals surface area contributed by atoms with Crippen LogP contribution >= 0.6 is 0 Å². The van der Waals surface area contributed by atoms with Gasteiger partial charge in [-0.25, -0.2) is 10.4 Å². The van der Waals surface area contributed by atoms with Crippen LogP contribution in [0.5, 0.6) is 11.5 Å². The highest BCUT2D eigenvalue weighted by atomic mass is 16.5. The molecule has 0 atom stereocenters. The number of pyridine rings is 1. The summed E-state index contributed by atoms with van der Waals surface area (Å²) in [5.74, 6) is 1.60. The average Bonchev–Trinajstić information content (AvgIpc) is 3.32. The molecule has 1 aliphatic carbocycles. The van der Waals surface area contributed by atoms with E-state index in [0.29, 0.717) is 54.3 Å². The van der Waals surface area contributed by atoms with Crippen LogP contribution in [-0.4, -0.2) is 43.3 Å². The maximum absolute atomic E-state index is 13.0. The summed E-state index contributed by atoms with van der Waals surface area (Å²) in [5.41, 5.74) is 6.86. The van der Waals surface area contributed by atoms with Crippen LogP contribution in [0.2, 0.25) is 0 Å². The van der Waals surface area contributed by atoms with Gasteiger partial charge in [-0.2, -0.15) is 5.10 Å². The fourth-order valence-corrected chi connectivity index (χ4v) is 4.80. The Morgan fingerprint density at radius 3 is 2.64 bits per heavy atom. The van der Waals surface area contributed by atoms with Gasteiger partial charge in [0.15, 0.2) is 17.3 Å². The fraction of sp³-hybridized carbons (Fsp3) is 0.267. The number of carbonyl (C=O) groups excluding carboxylic acids is 2. The summed E-state index contributed by atoms with van der Waals surface area (Å²) in [6, 6.07) is 16.8. The third-order valence-electron chi connectivity index (χ3n) is 6.80. The monoisotopic (exact) mass is 526 g/mol. The van der Waals surface area contributed by atoms with Gasteiger partial charge >= 0.3 is 0 Å². The summed E-state index contributed by atoms with van der Waals surface area (Å²) >= 11 is 0. The van der Waals surface area contributed by atoms with Crippen molar-refractivity contribution in [1.29, 1.82) is 0 Å². The number of nitrogens with one attached hydrogen (secondary N) is 2. The number of fused-ring (bicyclic) bond motifs is 2. The van der Waals surface area contributed by atoms with Crippen molar-refractivity contribution in [3.63, 3.8) is 0 Å². The Hall–Kier alpha value is -4.66. The molecule has 0 aliphatic heterocycles. The molecule has 2 amide bonds. The van der Waals surface area contributed by atoms with E-state index in [-0.39, 0.29) is 17.4 Å². The van der Waals surface area contributed by atoms with Gasteiger partial charge in [0, 0.05) is 29.5 Å². The zero-order valence-electron chi connectivity index (χ0n) is 22.2. The van der Waals surface area contributed by atoms with E-state index in [2.05, 4.69) is 20.8 Å². The number of hydrazone groups is 1. The van der Waals surface area contributed by atoms with Gasteiger partial charge in [0.1, 0.15) is 11.5 Å². The summed E-state index contributed by atoms with van der Waals surface area (Å²) < 4.78 is 16.6. The Labute approximate surface area is 226 Å². The number of rotatable bonds is 8. The number of furan rings is 1. The Kier molecular flexibility index (Phi) is 7.58. The minimum atomic E-state index is -0.394. The quantitative estimate of drug-likeness (QED) is 0.325. The van der Waals surface area contributed by atoms with Crippen molar-refractivity contribution in [2.45, 2.75) is 32.6 Å². The van der Waals surface area contributed by atoms with Gasteiger partial charge in [0.2, 0.25) is 0 Å². The number of nitrogens with zero attached hydrogens (tertiary/aromatic N) is 2. The van der Waals surface area contributed by atoms with Crippen molar-refractivity contribution in [3.05, 3.63) is 88.5 Å². The molecule has 0 radical (unpaired) electrons. The molecule has 0 bridgehead atoms. The fourth-order valence-electron chi connectivity index (χ4n) is 4.80. The summed E-state index contributed by atoms with van der Waals surface area (Å²) in [6.07, 6.45) is 2.80. The van der Waals surface area contributed by atoms with Crippen LogP contribution in [0.1, 0.15) is 56.3 Å². The second kappa shape index (κ2) is 11.4. The molecule has 5 rings (SSSR count). The molecule has 200 valence electrons. The van der Waals surface area contributed by atoms with E-state index in [1.165, 1.54) is 0 Å². The van der Waals surface area contributed by atoms with Gasteiger partial charge in [-0.3, -0.25) is 9.59 Å². The number of aryl methyl sites for hydroxylation is 1. The minimum absolute atomic E-state index is 0.268. The molecule has 0 spiro atoms. The molecule has 0 saturated carbocycles. The number of methoxy groups -OCH3 is 2. The molecule has 4 aromatic rings. The molecule has 0 fully saturated rings. The zero-order chi connectivity index (χ0) is 27.4. The summed E-state index contributed by atoms with van der Waals surface area (Å²) in [7, 11) is 3.18. The first-order valence-electron chi connectivity index (χ1n) is 12.8. The second-order valence-electron chi connectivity index (χ2n) is 9.29. The van der Waals surface area contributed by atoms with E-state index >= 15 is 0 Å². The van der Waals surface area contributed by atoms with Gasteiger partial charge in [-0.05, 0) is 56.0 Å². The highest BCUT2D eigenvalue weighted by molar-refractivity contribution is 6.07. The largest absolute Gasteiger partial charge is 0.493 e. The molecule has 39 heavy (non-hydrogen) atoms. The summed E-state index contributed by atoms with van der Waals surface area (Å²) in [5, 5.41) is 8.31. The first-order valence-corrected chi connectivity index (χ1v) is 12.8. The van der Waals surface area contributed by atoms with E-state index in [1.807, 2.05) is 55.5 Å².